The lowest BCUT2D eigenvalue weighted by Crippen LogP contribution is -2.29. The molecule has 0 bridgehead atoms. The van der Waals surface area contributed by atoms with Crippen LogP contribution in [0.1, 0.15) is 18.4 Å². The molecule has 6 nitrogen and oxygen atoms in total. The fourth-order valence-corrected chi connectivity index (χ4v) is 5.84. The molecule has 0 unspecified atom stereocenters. The molecule has 2 aromatic rings. The molecule has 0 spiro atoms. The summed E-state index contributed by atoms with van der Waals surface area (Å²) in [5, 5.41) is 0. The van der Waals surface area contributed by atoms with Crippen LogP contribution in [0.3, 0.4) is 0 Å². The summed E-state index contributed by atoms with van der Waals surface area (Å²) in [4.78, 5) is -0.183. The Kier molecular flexibility index (Phi) is 4.24. The molecule has 1 aliphatic heterocycles. The summed E-state index contributed by atoms with van der Waals surface area (Å²) in [5.74, 6) is -1.64. The van der Waals surface area contributed by atoms with Gasteiger partial charge in [0.2, 0.25) is 10.0 Å². The largest absolute Gasteiger partial charge is 0.266 e. The van der Waals surface area contributed by atoms with Crippen LogP contribution in [0.15, 0.2) is 46.2 Å². The quantitative estimate of drug-likeness (QED) is 0.813. The van der Waals surface area contributed by atoms with Crippen molar-refractivity contribution in [3.05, 3.63) is 53.6 Å². The van der Waals surface area contributed by atoms with Crippen molar-refractivity contribution in [3.63, 3.8) is 0 Å². The molecule has 2 aliphatic rings. The maximum absolute atomic E-state index is 13.9. The van der Waals surface area contributed by atoms with Gasteiger partial charge in [0.15, 0.2) is 0 Å². The number of hydrogen-bond acceptors (Lipinski definition) is 4. The average Bonchev–Trinajstić information content (AvgIpc) is 3.29. The highest BCUT2D eigenvalue weighted by Crippen LogP contribution is 2.35. The Bertz CT molecular complexity index is 1110. The number of benzene rings is 2. The second-order valence-corrected chi connectivity index (χ2v) is 10.2. The summed E-state index contributed by atoms with van der Waals surface area (Å²) in [5.41, 5.74) is 0.118. The van der Waals surface area contributed by atoms with Crippen LogP contribution in [-0.2, 0) is 26.5 Å². The Morgan fingerprint density at radius 2 is 1.59 bits per heavy atom. The molecule has 1 aliphatic carbocycles. The van der Waals surface area contributed by atoms with Gasteiger partial charge in [-0.05, 0) is 49.6 Å². The second-order valence-electron chi connectivity index (χ2n) is 6.58. The molecule has 0 amide bonds. The van der Waals surface area contributed by atoms with Crippen LogP contribution in [0.5, 0.6) is 0 Å². The van der Waals surface area contributed by atoms with Crippen molar-refractivity contribution in [1.82, 2.24) is 4.72 Å². The first-order valence-corrected chi connectivity index (χ1v) is 11.2. The van der Waals surface area contributed by atoms with Gasteiger partial charge in [0.05, 0.1) is 15.5 Å². The highest BCUT2D eigenvalue weighted by Gasteiger charge is 2.34. The van der Waals surface area contributed by atoms with E-state index in [1.165, 1.54) is 24.3 Å². The average molecular weight is 414 g/mol. The van der Waals surface area contributed by atoms with Gasteiger partial charge in [-0.1, -0.05) is 0 Å². The van der Waals surface area contributed by atoms with Gasteiger partial charge in [-0.25, -0.2) is 30.3 Å². The summed E-state index contributed by atoms with van der Waals surface area (Å²) in [6, 6.07) is 6.43. The van der Waals surface area contributed by atoms with E-state index in [0.29, 0.717) is 0 Å². The minimum atomic E-state index is -4.07. The number of anilines is 1. The van der Waals surface area contributed by atoms with Crippen LogP contribution in [0.4, 0.5) is 14.5 Å². The van der Waals surface area contributed by atoms with Crippen LogP contribution < -0.4 is 9.03 Å². The first-order chi connectivity index (χ1) is 12.7. The van der Waals surface area contributed by atoms with Crippen molar-refractivity contribution in [2.75, 3.05) is 10.8 Å². The van der Waals surface area contributed by atoms with E-state index in [-0.39, 0.29) is 40.0 Å². The molecule has 1 N–H and O–H groups in total. The number of sulfonamides is 2. The van der Waals surface area contributed by atoms with Crippen molar-refractivity contribution in [2.45, 2.75) is 35.1 Å². The molecule has 2 aromatic carbocycles. The van der Waals surface area contributed by atoms with Crippen molar-refractivity contribution >= 4 is 25.7 Å². The van der Waals surface area contributed by atoms with Crippen molar-refractivity contribution in [2.24, 2.45) is 0 Å². The van der Waals surface area contributed by atoms with Crippen molar-refractivity contribution < 1.29 is 25.6 Å². The van der Waals surface area contributed by atoms with E-state index in [1.807, 2.05) is 0 Å². The van der Waals surface area contributed by atoms with Gasteiger partial charge in [0.25, 0.3) is 10.0 Å². The smallest absolute Gasteiger partial charge is 0.264 e. The number of rotatable bonds is 5. The number of halogens is 2. The fraction of sp³-hybridized carbons (Fsp3) is 0.294. The zero-order valence-corrected chi connectivity index (χ0v) is 15.7. The Hall–Kier alpha value is -2.04. The van der Waals surface area contributed by atoms with Gasteiger partial charge in [0, 0.05) is 24.2 Å². The normalized spacial score (nSPS) is 17.2. The highest BCUT2D eigenvalue weighted by molar-refractivity contribution is 7.93. The van der Waals surface area contributed by atoms with Crippen LogP contribution >= 0.6 is 0 Å². The van der Waals surface area contributed by atoms with E-state index in [9.17, 15) is 25.6 Å². The van der Waals surface area contributed by atoms with Crippen molar-refractivity contribution in [3.8, 4) is 0 Å². The summed E-state index contributed by atoms with van der Waals surface area (Å²) in [6.45, 7) is -0.0126. The van der Waals surface area contributed by atoms with Gasteiger partial charge < -0.3 is 0 Å². The molecule has 1 heterocycles. The van der Waals surface area contributed by atoms with Crippen molar-refractivity contribution in [1.29, 1.82) is 0 Å². The van der Waals surface area contributed by atoms with Crippen LogP contribution in [0, 0.1) is 11.6 Å². The van der Waals surface area contributed by atoms with E-state index in [1.54, 1.807) is 0 Å². The lowest BCUT2D eigenvalue weighted by Gasteiger charge is -2.20. The Labute approximate surface area is 155 Å². The van der Waals surface area contributed by atoms with Crippen LogP contribution in [-0.4, -0.2) is 29.4 Å². The standard InChI is InChI=1S/C17H16F2N2O4S2/c18-11-9-16(19)15-7-8-21(17(15)10-11)27(24,25)14-5-3-13(4-6-14)26(22,23)20-12-1-2-12/h3-6,9-10,12,20H,1-2,7-8H2. The Balaban J connectivity index is 1.66. The minimum absolute atomic E-state index is 0.0126. The third-order valence-electron chi connectivity index (χ3n) is 4.59. The zero-order chi connectivity index (χ0) is 19.4. The topological polar surface area (TPSA) is 83.5 Å². The molecular formula is C17H16F2N2O4S2. The predicted molar refractivity (Wildman–Crippen MR) is 94.4 cm³/mol. The zero-order valence-electron chi connectivity index (χ0n) is 14.0. The molecule has 0 saturated heterocycles. The lowest BCUT2D eigenvalue weighted by molar-refractivity contribution is 0.576. The molecule has 1 saturated carbocycles. The summed E-state index contributed by atoms with van der Waals surface area (Å²) >= 11 is 0. The van der Waals surface area contributed by atoms with E-state index >= 15 is 0 Å². The van der Waals surface area contributed by atoms with Gasteiger partial charge in [-0.3, -0.25) is 4.31 Å². The molecule has 10 heteroatoms. The fourth-order valence-electron chi connectivity index (χ4n) is 3.05. The molecule has 144 valence electrons. The molecule has 1 fully saturated rings. The molecular weight excluding hydrogens is 398 g/mol. The molecule has 0 atom stereocenters. The highest BCUT2D eigenvalue weighted by atomic mass is 32.2. The first-order valence-electron chi connectivity index (χ1n) is 8.31. The Morgan fingerprint density at radius 1 is 0.963 bits per heavy atom. The van der Waals surface area contributed by atoms with Crippen LogP contribution in [0.2, 0.25) is 0 Å². The lowest BCUT2D eigenvalue weighted by atomic mass is 10.1. The maximum Gasteiger partial charge on any atom is 0.264 e. The second kappa shape index (κ2) is 6.25. The molecule has 4 rings (SSSR count). The summed E-state index contributed by atoms with van der Waals surface area (Å²) in [6.07, 6.45) is 1.71. The SMILES string of the molecule is O=S(=O)(NC1CC1)c1ccc(S(=O)(=O)N2CCc3c(F)cc(F)cc32)cc1. The third kappa shape index (κ3) is 3.32. The number of nitrogens with one attached hydrogen (secondary N) is 1. The van der Waals surface area contributed by atoms with Gasteiger partial charge in [0.1, 0.15) is 11.6 Å². The summed E-state index contributed by atoms with van der Waals surface area (Å²) in [7, 11) is -7.77. The van der Waals surface area contributed by atoms with Gasteiger partial charge in [-0.15, -0.1) is 0 Å². The van der Waals surface area contributed by atoms with E-state index in [4.69, 9.17) is 0 Å². The van der Waals surface area contributed by atoms with Gasteiger partial charge in [-0.2, -0.15) is 0 Å². The third-order valence-corrected chi connectivity index (χ3v) is 7.96. The van der Waals surface area contributed by atoms with E-state index in [2.05, 4.69) is 4.72 Å². The number of nitrogens with zero attached hydrogens (tertiary/aromatic N) is 1. The first kappa shape index (κ1) is 18.3. The molecule has 27 heavy (non-hydrogen) atoms. The number of hydrogen-bond donors (Lipinski definition) is 1. The maximum atomic E-state index is 13.9. The van der Waals surface area contributed by atoms with E-state index in [0.717, 1.165) is 29.3 Å². The monoisotopic (exact) mass is 414 g/mol. The predicted octanol–water partition coefficient (Wildman–Crippen LogP) is 2.16. The molecule has 0 aromatic heterocycles. The summed E-state index contributed by atoms with van der Waals surface area (Å²) < 4.78 is 81.0. The minimum Gasteiger partial charge on any atom is -0.266 e. The number of fused-ring (bicyclic) bond motifs is 1. The van der Waals surface area contributed by atoms with Gasteiger partial charge >= 0.3 is 0 Å². The van der Waals surface area contributed by atoms with E-state index < -0.39 is 31.7 Å². The van der Waals surface area contributed by atoms with Crippen LogP contribution in [0.25, 0.3) is 0 Å². The molecule has 0 radical (unpaired) electrons. The Morgan fingerprint density at radius 3 is 2.22 bits per heavy atom.